The Hall–Kier alpha value is -2.62. The van der Waals surface area contributed by atoms with Crippen LogP contribution in [0, 0.1) is 6.92 Å². The van der Waals surface area contributed by atoms with Gasteiger partial charge in [-0.25, -0.2) is 0 Å². The summed E-state index contributed by atoms with van der Waals surface area (Å²) < 4.78 is 5.45. The molecule has 2 rings (SSSR count). The maximum absolute atomic E-state index is 11.9. The molecule has 0 radical (unpaired) electrons. The summed E-state index contributed by atoms with van der Waals surface area (Å²) in [7, 11) is 0. The molecule has 0 saturated carbocycles. The van der Waals surface area contributed by atoms with E-state index in [1.54, 1.807) is 18.2 Å². The van der Waals surface area contributed by atoms with Crippen molar-refractivity contribution in [1.29, 1.82) is 0 Å². The smallest absolute Gasteiger partial charge is 0.170 e. The van der Waals surface area contributed by atoms with Crippen molar-refractivity contribution >= 4 is 17.3 Å². The maximum atomic E-state index is 11.9. The highest BCUT2D eigenvalue weighted by Gasteiger charge is 2.08. The van der Waals surface area contributed by atoms with Gasteiger partial charge in [0.2, 0.25) is 0 Å². The van der Waals surface area contributed by atoms with E-state index in [2.05, 4.69) is 6.07 Å². The summed E-state index contributed by atoms with van der Waals surface area (Å²) in [6, 6.07) is 13.0. The van der Waals surface area contributed by atoms with Crippen molar-refractivity contribution in [2.24, 2.45) is 0 Å². The molecular formula is C19H21NO3. The molecule has 2 aromatic rings. The van der Waals surface area contributed by atoms with E-state index < -0.39 is 0 Å². The number of Topliss-reactive ketones (excluding diaryl/α,β-unsaturated/α-hetero) is 2. The fourth-order valence-corrected chi connectivity index (χ4v) is 2.34. The van der Waals surface area contributed by atoms with Crippen LogP contribution in [0.1, 0.15) is 34.8 Å². The van der Waals surface area contributed by atoms with Crippen LogP contribution in [0.15, 0.2) is 42.5 Å². The molecule has 0 aliphatic heterocycles. The van der Waals surface area contributed by atoms with Gasteiger partial charge in [-0.05, 0) is 38.0 Å². The first-order valence-corrected chi connectivity index (χ1v) is 7.56. The number of hydrogen-bond donors (Lipinski definition) is 1. The van der Waals surface area contributed by atoms with Gasteiger partial charge in [0.05, 0.1) is 0 Å². The number of rotatable bonds is 7. The summed E-state index contributed by atoms with van der Waals surface area (Å²) >= 11 is 0. The van der Waals surface area contributed by atoms with Gasteiger partial charge < -0.3 is 10.5 Å². The third kappa shape index (κ3) is 4.95. The fourth-order valence-electron chi connectivity index (χ4n) is 2.34. The van der Waals surface area contributed by atoms with Crippen molar-refractivity contribution in [2.75, 3.05) is 12.3 Å². The Morgan fingerprint density at radius 2 is 1.91 bits per heavy atom. The van der Waals surface area contributed by atoms with E-state index in [1.165, 1.54) is 12.5 Å². The van der Waals surface area contributed by atoms with Crippen LogP contribution in [0.4, 0.5) is 5.69 Å². The minimum atomic E-state index is -0.0942. The number of benzene rings is 2. The number of ether oxygens (including phenoxy) is 1. The number of ketones is 2. The van der Waals surface area contributed by atoms with Crippen LogP contribution in [0.5, 0.6) is 5.75 Å². The highest BCUT2D eigenvalue weighted by atomic mass is 16.5. The first-order valence-electron chi connectivity index (χ1n) is 7.56. The van der Waals surface area contributed by atoms with Gasteiger partial charge in [0.1, 0.15) is 12.4 Å². The molecule has 0 heterocycles. The molecule has 2 N–H and O–H groups in total. The molecule has 0 spiro atoms. The molecular weight excluding hydrogens is 290 g/mol. The average molecular weight is 311 g/mol. The van der Waals surface area contributed by atoms with Crippen molar-refractivity contribution in [3.63, 3.8) is 0 Å². The third-order valence-corrected chi connectivity index (χ3v) is 3.58. The van der Waals surface area contributed by atoms with Gasteiger partial charge in [0.15, 0.2) is 11.6 Å². The second-order valence-corrected chi connectivity index (χ2v) is 5.62. The fraction of sp³-hybridized carbons (Fsp3) is 0.263. The number of aryl methyl sites for hydroxylation is 2. The van der Waals surface area contributed by atoms with Crippen molar-refractivity contribution < 1.29 is 14.3 Å². The van der Waals surface area contributed by atoms with Gasteiger partial charge in [0, 0.05) is 23.7 Å². The largest absolute Gasteiger partial charge is 0.486 e. The number of nitrogens with two attached hydrogens (primary N) is 1. The molecule has 0 aliphatic rings. The second kappa shape index (κ2) is 7.58. The molecule has 0 bridgehead atoms. The Morgan fingerprint density at radius 1 is 1.13 bits per heavy atom. The number of carbonyl (C=O) groups excluding carboxylic acids is 2. The van der Waals surface area contributed by atoms with Gasteiger partial charge in [-0.15, -0.1) is 0 Å². The molecule has 0 amide bonds. The molecule has 0 aliphatic carbocycles. The minimum Gasteiger partial charge on any atom is -0.486 e. The Balaban J connectivity index is 1.84. The van der Waals surface area contributed by atoms with E-state index >= 15 is 0 Å². The van der Waals surface area contributed by atoms with E-state index in [0.717, 1.165) is 5.56 Å². The first-order chi connectivity index (χ1) is 11.0. The number of carbonyl (C=O) groups is 2. The summed E-state index contributed by atoms with van der Waals surface area (Å²) in [6.45, 7) is 3.50. The van der Waals surface area contributed by atoms with Gasteiger partial charge >= 0.3 is 0 Å². The lowest BCUT2D eigenvalue weighted by Crippen LogP contribution is -2.12. The highest BCUT2D eigenvalue weighted by Crippen LogP contribution is 2.20. The Labute approximate surface area is 136 Å². The molecule has 4 heteroatoms. The number of anilines is 1. The Bertz CT molecular complexity index is 722. The lowest BCUT2D eigenvalue weighted by molar-refractivity contribution is -0.121. The van der Waals surface area contributed by atoms with Crippen molar-refractivity contribution in [1.82, 2.24) is 0 Å². The molecule has 0 unspecified atom stereocenters. The van der Waals surface area contributed by atoms with Crippen molar-refractivity contribution in [2.45, 2.75) is 26.7 Å². The molecule has 0 aromatic heterocycles. The summed E-state index contributed by atoms with van der Waals surface area (Å²) in [5, 5.41) is 0. The highest BCUT2D eigenvalue weighted by molar-refractivity contribution is 5.99. The van der Waals surface area contributed by atoms with Crippen molar-refractivity contribution in [3.05, 3.63) is 59.2 Å². The summed E-state index contributed by atoms with van der Waals surface area (Å²) in [4.78, 5) is 23.2. The predicted octanol–water partition coefficient (Wildman–Crippen LogP) is 3.36. The zero-order valence-corrected chi connectivity index (χ0v) is 13.5. The summed E-state index contributed by atoms with van der Waals surface area (Å²) in [5.41, 5.74) is 8.95. The van der Waals surface area contributed by atoms with Crippen LogP contribution >= 0.6 is 0 Å². The SMILES string of the molecule is CC(=O)c1ccc(OCC(=O)CCc2cccc(C)c2)cc1N. The number of nitrogen functional groups attached to an aromatic ring is 1. The summed E-state index contributed by atoms with van der Waals surface area (Å²) in [5.74, 6) is 0.431. The Morgan fingerprint density at radius 3 is 2.57 bits per heavy atom. The first kappa shape index (κ1) is 16.7. The van der Waals surface area contributed by atoms with Crippen LogP contribution in [-0.2, 0) is 11.2 Å². The lowest BCUT2D eigenvalue weighted by atomic mass is 10.1. The Kier molecular flexibility index (Phi) is 5.52. The average Bonchev–Trinajstić information content (AvgIpc) is 2.50. The van der Waals surface area contributed by atoms with Gasteiger partial charge in [-0.2, -0.15) is 0 Å². The topological polar surface area (TPSA) is 69.4 Å². The van der Waals surface area contributed by atoms with Gasteiger partial charge in [0.25, 0.3) is 0 Å². The zero-order valence-electron chi connectivity index (χ0n) is 13.5. The van der Waals surface area contributed by atoms with Crippen LogP contribution in [0.2, 0.25) is 0 Å². The monoisotopic (exact) mass is 311 g/mol. The van der Waals surface area contributed by atoms with Crippen LogP contribution < -0.4 is 10.5 Å². The standard InChI is InChI=1S/C19H21NO3/c1-13-4-3-5-15(10-13)6-7-16(22)12-23-17-8-9-18(14(2)21)19(20)11-17/h3-5,8-11H,6-7,12,20H2,1-2H3. The van der Waals surface area contributed by atoms with Crippen LogP contribution in [0.3, 0.4) is 0 Å². The molecule has 0 atom stereocenters. The van der Waals surface area contributed by atoms with E-state index in [4.69, 9.17) is 10.5 Å². The van der Waals surface area contributed by atoms with E-state index in [9.17, 15) is 9.59 Å². The zero-order chi connectivity index (χ0) is 16.8. The van der Waals surface area contributed by atoms with Crippen molar-refractivity contribution in [3.8, 4) is 5.75 Å². The molecule has 4 nitrogen and oxygen atoms in total. The lowest BCUT2D eigenvalue weighted by Gasteiger charge is -2.08. The molecule has 23 heavy (non-hydrogen) atoms. The van der Waals surface area contributed by atoms with E-state index in [1.807, 2.05) is 25.1 Å². The van der Waals surface area contributed by atoms with E-state index in [-0.39, 0.29) is 18.2 Å². The second-order valence-electron chi connectivity index (χ2n) is 5.62. The molecule has 2 aromatic carbocycles. The predicted molar refractivity (Wildman–Crippen MR) is 90.9 cm³/mol. The number of hydrogen-bond acceptors (Lipinski definition) is 4. The van der Waals surface area contributed by atoms with E-state index in [0.29, 0.717) is 29.8 Å². The van der Waals surface area contributed by atoms with Crippen LogP contribution in [-0.4, -0.2) is 18.2 Å². The molecule has 0 saturated heterocycles. The third-order valence-electron chi connectivity index (χ3n) is 3.58. The maximum Gasteiger partial charge on any atom is 0.170 e. The minimum absolute atomic E-state index is 0.00464. The van der Waals surface area contributed by atoms with Crippen LogP contribution in [0.25, 0.3) is 0 Å². The molecule has 0 fully saturated rings. The van der Waals surface area contributed by atoms with Gasteiger partial charge in [-0.1, -0.05) is 29.8 Å². The molecule has 120 valence electrons. The quantitative estimate of drug-likeness (QED) is 0.629. The normalized spacial score (nSPS) is 10.3. The van der Waals surface area contributed by atoms with Gasteiger partial charge in [-0.3, -0.25) is 9.59 Å². The summed E-state index contributed by atoms with van der Waals surface area (Å²) in [6.07, 6.45) is 1.14.